The van der Waals surface area contributed by atoms with Crippen molar-refractivity contribution in [1.29, 1.82) is 0 Å². The molecule has 0 aliphatic heterocycles. The van der Waals surface area contributed by atoms with Crippen LogP contribution in [0.15, 0.2) is 40.9 Å². The molecule has 0 bridgehead atoms. The second-order valence-electron chi connectivity index (χ2n) is 3.86. The van der Waals surface area contributed by atoms with Crippen molar-refractivity contribution in [1.82, 2.24) is 0 Å². The molecule has 0 unspecified atom stereocenters. The number of benzene rings is 2. The number of nitro groups is 1. The minimum absolute atomic E-state index is 0.0552. The molecule has 0 saturated heterocycles. The number of hydrogen-bond acceptors (Lipinski definition) is 3. The Morgan fingerprint density at radius 1 is 1.32 bits per heavy atom. The summed E-state index contributed by atoms with van der Waals surface area (Å²) in [6.45, 7) is 1.85. The summed E-state index contributed by atoms with van der Waals surface area (Å²) < 4.78 is 6.50. The Bertz CT molecular complexity index is 646. The highest BCUT2D eigenvalue weighted by Crippen LogP contribution is 2.38. The van der Waals surface area contributed by atoms with Crippen LogP contribution in [-0.2, 0) is 0 Å². The normalized spacial score (nSPS) is 10.3. The molecular weight excluding hydrogens is 334 g/mol. The second-order valence-corrected chi connectivity index (χ2v) is 5.18. The Balaban J connectivity index is 2.46. The van der Waals surface area contributed by atoms with Gasteiger partial charge >= 0.3 is 5.69 Å². The van der Waals surface area contributed by atoms with Crippen LogP contribution >= 0.6 is 27.5 Å². The third kappa shape index (κ3) is 3.05. The molecule has 0 aliphatic rings. The molecule has 0 atom stereocenters. The van der Waals surface area contributed by atoms with Crippen LogP contribution in [0.4, 0.5) is 5.69 Å². The zero-order valence-electron chi connectivity index (χ0n) is 9.89. The number of nitrogens with zero attached hydrogens (tertiary/aromatic N) is 1. The highest BCUT2D eigenvalue weighted by molar-refractivity contribution is 9.10. The Morgan fingerprint density at radius 2 is 2.05 bits per heavy atom. The fourth-order valence-electron chi connectivity index (χ4n) is 1.58. The van der Waals surface area contributed by atoms with Gasteiger partial charge in [-0.1, -0.05) is 33.6 Å². The Hall–Kier alpha value is -1.59. The molecule has 4 nitrogen and oxygen atoms in total. The predicted octanol–water partition coefficient (Wildman–Crippen LogP) is 5.11. The maximum Gasteiger partial charge on any atom is 0.313 e. The third-order valence-corrected chi connectivity index (χ3v) is 3.28. The van der Waals surface area contributed by atoms with Crippen molar-refractivity contribution >= 4 is 33.2 Å². The van der Waals surface area contributed by atoms with Crippen LogP contribution in [0.2, 0.25) is 5.02 Å². The lowest BCUT2D eigenvalue weighted by molar-refractivity contribution is -0.385. The quantitative estimate of drug-likeness (QED) is 0.575. The molecule has 6 heteroatoms. The van der Waals surface area contributed by atoms with E-state index in [1.807, 2.05) is 13.0 Å². The van der Waals surface area contributed by atoms with Gasteiger partial charge in [-0.25, -0.2) is 0 Å². The summed E-state index contributed by atoms with van der Waals surface area (Å²) in [6.07, 6.45) is 0. The lowest BCUT2D eigenvalue weighted by atomic mass is 10.2. The van der Waals surface area contributed by atoms with E-state index < -0.39 is 4.92 Å². The van der Waals surface area contributed by atoms with Gasteiger partial charge in [0, 0.05) is 10.5 Å². The van der Waals surface area contributed by atoms with Crippen molar-refractivity contribution in [3.05, 3.63) is 61.6 Å². The summed E-state index contributed by atoms with van der Waals surface area (Å²) in [5, 5.41) is 11.2. The Morgan fingerprint density at radius 3 is 2.68 bits per heavy atom. The maximum absolute atomic E-state index is 11.0. The molecule has 0 spiro atoms. The zero-order chi connectivity index (χ0) is 14.0. The lowest BCUT2D eigenvalue weighted by Crippen LogP contribution is -1.95. The van der Waals surface area contributed by atoms with Crippen LogP contribution in [-0.4, -0.2) is 4.92 Å². The van der Waals surface area contributed by atoms with Gasteiger partial charge in [0.2, 0.25) is 5.75 Å². The van der Waals surface area contributed by atoms with E-state index in [-0.39, 0.29) is 16.5 Å². The van der Waals surface area contributed by atoms with E-state index in [9.17, 15) is 10.1 Å². The van der Waals surface area contributed by atoms with Crippen LogP contribution in [0.1, 0.15) is 5.56 Å². The van der Waals surface area contributed by atoms with Crippen LogP contribution in [0.5, 0.6) is 11.5 Å². The van der Waals surface area contributed by atoms with Crippen LogP contribution < -0.4 is 4.74 Å². The fourth-order valence-corrected chi connectivity index (χ4v) is 2.26. The first kappa shape index (κ1) is 13.8. The summed E-state index contributed by atoms with van der Waals surface area (Å²) in [6, 6.07) is 9.81. The van der Waals surface area contributed by atoms with Gasteiger partial charge in [0.05, 0.1) is 9.95 Å². The Labute approximate surface area is 123 Å². The first-order valence-electron chi connectivity index (χ1n) is 5.36. The largest absolute Gasteiger partial charge is 0.448 e. The topological polar surface area (TPSA) is 52.4 Å². The average Bonchev–Trinajstić information content (AvgIpc) is 2.34. The van der Waals surface area contributed by atoms with Gasteiger partial charge in [-0.3, -0.25) is 10.1 Å². The molecular formula is C13H9BrClNO3. The van der Waals surface area contributed by atoms with Crippen molar-refractivity contribution in [2.75, 3.05) is 0 Å². The van der Waals surface area contributed by atoms with Crippen LogP contribution in [0.25, 0.3) is 0 Å². The van der Waals surface area contributed by atoms with Crippen molar-refractivity contribution in [3.8, 4) is 11.5 Å². The Kier molecular flexibility index (Phi) is 4.07. The van der Waals surface area contributed by atoms with E-state index in [1.165, 1.54) is 12.1 Å². The molecule has 0 amide bonds. The fraction of sp³-hybridized carbons (Fsp3) is 0.0769. The first-order chi connectivity index (χ1) is 8.99. The van der Waals surface area contributed by atoms with E-state index in [0.29, 0.717) is 5.75 Å². The average molecular weight is 343 g/mol. The summed E-state index contributed by atoms with van der Waals surface area (Å²) >= 11 is 9.31. The standard InChI is InChI=1S/C13H9BrClNO3/c1-8-7-9(14)5-6-12(8)19-13-10(15)3-2-4-11(13)16(17)18/h2-7H,1H3. The first-order valence-corrected chi connectivity index (χ1v) is 6.53. The number of rotatable bonds is 3. The summed E-state index contributed by atoms with van der Waals surface area (Å²) in [4.78, 5) is 10.4. The van der Waals surface area contributed by atoms with Gasteiger partial charge in [-0.05, 0) is 36.8 Å². The molecule has 0 saturated carbocycles. The van der Waals surface area contributed by atoms with Crippen molar-refractivity contribution < 1.29 is 9.66 Å². The summed E-state index contributed by atoms with van der Waals surface area (Å²) in [7, 11) is 0. The number of halogens is 2. The van der Waals surface area contributed by atoms with Gasteiger partial charge in [0.25, 0.3) is 0 Å². The van der Waals surface area contributed by atoms with E-state index in [4.69, 9.17) is 16.3 Å². The van der Waals surface area contributed by atoms with Gasteiger partial charge in [0.1, 0.15) is 5.75 Å². The van der Waals surface area contributed by atoms with Crippen molar-refractivity contribution in [2.45, 2.75) is 6.92 Å². The highest BCUT2D eigenvalue weighted by atomic mass is 79.9. The molecule has 0 heterocycles. The molecule has 0 fully saturated rings. The molecule has 2 aromatic carbocycles. The predicted molar refractivity (Wildman–Crippen MR) is 77.1 cm³/mol. The summed E-state index contributed by atoms with van der Waals surface area (Å²) in [5.74, 6) is 0.582. The van der Waals surface area contributed by atoms with Crippen molar-refractivity contribution in [3.63, 3.8) is 0 Å². The van der Waals surface area contributed by atoms with Crippen LogP contribution in [0, 0.1) is 17.0 Å². The minimum Gasteiger partial charge on any atom is -0.448 e. The zero-order valence-corrected chi connectivity index (χ0v) is 12.2. The van der Waals surface area contributed by atoms with Crippen LogP contribution in [0.3, 0.4) is 0 Å². The van der Waals surface area contributed by atoms with E-state index >= 15 is 0 Å². The number of para-hydroxylation sites is 1. The van der Waals surface area contributed by atoms with E-state index in [0.717, 1.165) is 10.0 Å². The molecule has 2 rings (SSSR count). The molecule has 0 aliphatic carbocycles. The van der Waals surface area contributed by atoms with Gasteiger partial charge in [-0.15, -0.1) is 0 Å². The molecule has 0 N–H and O–H groups in total. The number of nitro benzene ring substituents is 1. The van der Waals surface area contributed by atoms with E-state index in [2.05, 4.69) is 15.9 Å². The van der Waals surface area contributed by atoms with Gasteiger partial charge < -0.3 is 4.74 Å². The smallest absolute Gasteiger partial charge is 0.313 e. The van der Waals surface area contributed by atoms with Crippen molar-refractivity contribution in [2.24, 2.45) is 0 Å². The van der Waals surface area contributed by atoms with E-state index in [1.54, 1.807) is 18.2 Å². The number of hydrogen-bond donors (Lipinski definition) is 0. The summed E-state index contributed by atoms with van der Waals surface area (Å²) in [5.41, 5.74) is 0.693. The minimum atomic E-state index is -0.518. The molecule has 0 radical (unpaired) electrons. The number of aryl methyl sites for hydroxylation is 1. The molecule has 98 valence electrons. The molecule has 0 aromatic heterocycles. The van der Waals surface area contributed by atoms with Gasteiger partial charge in [-0.2, -0.15) is 0 Å². The lowest BCUT2D eigenvalue weighted by Gasteiger charge is -2.10. The highest BCUT2D eigenvalue weighted by Gasteiger charge is 2.19. The third-order valence-electron chi connectivity index (χ3n) is 2.49. The second kappa shape index (κ2) is 5.59. The molecule has 2 aromatic rings. The SMILES string of the molecule is Cc1cc(Br)ccc1Oc1c(Cl)cccc1[N+](=O)[O-]. The molecule has 19 heavy (non-hydrogen) atoms. The monoisotopic (exact) mass is 341 g/mol. The number of ether oxygens (including phenoxy) is 1. The maximum atomic E-state index is 11.0. The van der Waals surface area contributed by atoms with Gasteiger partial charge in [0.15, 0.2) is 0 Å².